The van der Waals surface area contributed by atoms with Crippen LogP contribution in [-0.4, -0.2) is 14.8 Å². The minimum Gasteiger partial charge on any atom is -0.392 e. The Labute approximate surface area is 106 Å². The summed E-state index contributed by atoms with van der Waals surface area (Å²) < 4.78 is 2.22. The molecule has 1 aromatic carbocycles. The first kappa shape index (κ1) is 11.5. The average Bonchev–Trinajstić information content (AvgIpc) is 2.71. The number of nitrogens with zero attached hydrogens (tertiary/aromatic N) is 1. The Hall–Kier alpha value is -1.58. The van der Waals surface area contributed by atoms with Gasteiger partial charge in [-0.25, -0.2) is 0 Å². The number of benzene rings is 1. The molecule has 0 aliphatic carbocycles. The monoisotopic (exact) mass is 243 g/mol. The zero-order valence-corrected chi connectivity index (χ0v) is 10.5. The maximum atomic E-state index is 9.62. The first-order chi connectivity index (χ1) is 8.77. The Morgan fingerprint density at radius 1 is 1.11 bits per heavy atom. The predicted molar refractivity (Wildman–Crippen MR) is 70.2 cm³/mol. The number of aryl methyl sites for hydroxylation is 1. The molecule has 0 spiro atoms. The first-order valence-electron chi connectivity index (χ1n) is 6.28. The second-order valence-corrected chi connectivity index (χ2v) is 4.77. The van der Waals surface area contributed by atoms with Gasteiger partial charge in [0, 0.05) is 28.9 Å². The van der Waals surface area contributed by atoms with Crippen molar-refractivity contribution in [2.24, 2.45) is 0 Å². The molecule has 1 aromatic heterocycles. The van der Waals surface area contributed by atoms with Crippen molar-refractivity contribution >= 4 is 0 Å². The molecule has 0 saturated carbocycles. The maximum Gasteiger partial charge on any atom is 0.0706 e. The van der Waals surface area contributed by atoms with Gasteiger partial charge < -0.3 is 14.8 Å². The molecule has 0 bridgehead atoms. The Bertz CT molecular complexity index is 599. The Morgan fingerprint density at radius 2 is 1.83 bits per heavy atom. The molecule has 1 aliphatic heterocycles. The molecular formula is C15H17NO2. The molecule has 18 heavy (non-hydrogen) atoms. The van der Waals surface area contributed by atoms with E-state index in [4.69, 9.17) is 0 Å². The summed E-state index contributed by atoms with van der Waals surface area (Å²) in [4.78, 5) is 0. The van der Waals surface area contributed by atoms with Gasteiger partial charge in [-0.05, 0) is 18.9 Å². The van der Waals surface area contributed by atoms with Crippen LogP contribution in [0.2, 0.25) is 0 Å². The Morgan fingerprint density at radius 3 is 2.56 bits per heavy atom. The molecule has 3 heteroatoms. The van der Waals surface area contributed by atoms with E-state index in [0.717, 1.165) is 35.5 Å². The van der Waals surface area contributed by atoms with Gasteiger partial charge in [0.15, 0.2) is 0 Å². The van der Waals surface area contributed by atoms with E-state index in [9.17, 15) is 10.2 Å². The van der Waals surface area contributed by atoms with Gasteiger partial charge in [0.05, 0.1) is 18.9 Å². The summed E-state index contributed by atoms with van der Waals surface area (Å²) in [7, 11) is 0. The van der Waals surface area contributed by atoms with Crippen LogP contribution in [0.3, 0.4) is 0 Å². The lowest BCUT2D eigenvalue weighted by atomic mass is 9.96. The van der Waals surface area contributed by atoms with Crippen molar-refractivity contribution < 1.29 is 10.2 Å². The highest BCUT2D eigenvalue weighted by Gasteiger charge is 2.24. The minimum atomic E-state index is -0.0204. The van der Waals surface area contributed by atoms with Crippen LogP contribution in [0.4, 0.5) is 0 Å². The molecule has 0 radical (unpaired) electrons. The first-order valence-corrected chi connectivity index (χ1v) is 6.28. The molecule has 2 aromatic rings. The Balaban J connectivity index is 2.33. The molecule has 3 nitrogen and oxygen atoms in total. The fourth-order valence-corrected chi connectivity index (χ4v) is 3.02. The zero-order valence-electron chi connectivity index (χ0n) is 10.5. The fourth-order valence-electron chi connectivity index (χ4n) is 3.02. The molecule has 0 unspecified atom stereocenters. The standard InChI is InChI=1S/C15H17NO2/c1-10-13(8-17)14(9-18)15-12-5-3-2-4-11(12)6-7-16(10)15/h2-5,17-18H,6-9H2,1H3. The highest BCUT2D eigenvalue weighted by Crippen LogP contribution is 2.37. The number of rotatable bonds is 2. The quantitative estimate of drug-likeness (QED) is 0.847. The van der Waals surface area contributed by atoms with Gasteiger partial charge in [-0.15, -0.1) is 0 Å². The Kier molecular flexibility index (Phi) is 2.73. The largest absolute Gasteiger partial charge is 0.392 e. The summed E-state index contributed by atoms with van der Waals surface area (Å²) in [5.74, 6) is 0. The molecule has 2 N–H and O–H groups in total. The third kappa shape index (κ3) is 1.44. The third-order valence-electron chi connectivity index (χ3n) is 3.96. The van der Waals surface area contributed by atoms with Crippen LogP contribution in [-0.2, 0) is 26.2 Å². The van der Waals surface area contributed by atoms with Crippen molar-refractivity contribution in [3.8, 4) is 11.3 Å². The summed E-state index contributed by atoms with van der Waals surface area (Å²) in [6, 6.07) is 8.31. The zero-order chi connectivity index (χ0) is 12.7. The van der Waals surface area contributed by atoms with Crippen molar-refractivity contribution in [3.63, 3.8) is 0 Å². The summed E-state index contributed by atoms with van der Waals surface area (Å²) in [5, 5.41) is 19.1. The van der Waals surface area contributed by atoms with E-state index >= 15 is 0 Å². The summed E-state index contributed by atoms with van der Waals surface area (Å²) in [6.07, 6.45) is 1.01. The lowest BCUT2D eigenvalue weighted by molar-refractivity contribution is 0.261. The highest BCUT2D eigenvalue weighted by atomic mass is 16.3. The average molecular weight is 243 g/mol. The van der Waals surface area contributed by atoms with E-state index in [2.05, 4.69) is 22.8 Å². The SMILES string of the molecule is Cc1c(CO)c(CO)c2n1CCc1ccccc1-2. The molecule has 3 rings (SSSR count). The van der Waals surface area contributed by atoms with E-state index < -0.39 is 0 Å². The number of aliphatic hydroxyl groups is 2. The highest BCUT2D eigenvalue weighted by molar-refractivity contribution is 5.72. The van der Waals surface area contributed by atoms with Crippen molar-refractivity contribution in [2.75, 3.05) is 0 Å². The van der Waals surface area contributed by atoms with E-state index in [1.54, 1.807) is 0 Å². The molecular weight excluding hydrogens is 226 g/mol. The van der Waals surface area contributed by atoms with Gasteiger partial charge in [0.2, 0.25) is 0 Å². The van der Waals surface area contributed by atoms with Gasteiger partial charge in [0.25, 0.3) is 0 Å². The van der Waals surface area contributed by atoms with E-state index in [0.29, 0.717) is 0 Å². The summed E-state index contributed by atoms with van der Waals surface area (Å²) in [5.41, 5.74) is 6.43. The number of aliphatic hydroxyl groups excluding tert-OH is 2. The molecule has 0 fully saturated rings. The van der Waals surface area contributed by atoms with Crippen LogP contribution in [0, 0.1) is 6.92 Å². The fraction of sp³-hybridized carbons (Fsp3) is 0.333. The number of aromatic nitrogens is 1. The van der Waals surface area contributed by atoms with Gasteiger partial charge in [-0.3, -0.25) is 0 Å². The third-order valence-corrected chi connectivity index (χ3v) is 3.96. The van der Waals surface area contributed by atoms with Gasteiger partial charge in [-0.1, -0.05) is 24.3 Å². The molecule has 0 amide bonds. The maximum absolute atomic E-state index is 9.62. The second kappa shape index (κ2) is 4.26. The van der Waals surface area contributed by atoms with Crippen molar-refractivity contribution in [2.45, 2.75) is 33.1 Å². The van der Waals surface area contributed by atoms with Crippen LogP contribution in [0.15, 0.2) is 24.3 Å². The molecule has 0 atom stereocenters. The lowest BCUT2D eigenvalue weighted by Crippen LogP contribution is -2.12. The van der Waals surface area contributed by atoms with Crippen molar-refractivity contribution in [3.05, 3.63) is 46.6 Å². The van der Waals surface area contributed by atoms with Gasteiger partial charge >= 0.3 is 0 Å². The normalized spacial score (nSPS) is 13.3. The van der Waals surface area contributed by atoms with Crippen molar-refractivity contribution in [1.29, 1.82) is 0 Å². The number of hydrogen-bond donors (Lipinski definition) is 2. The molecule has 0 saturated heterocycles. The van der Waals surface area contributed by atoms with Crippen LogP contribution < -0.4 is 0 Å². The van der Waals surface area contributed by atoms with E-state index in [1.165, 1.54) is 11.1 Å². The van der Waals surface area contributed by atoms with Gasteiger partial charge in [-0.2, -0.15) is 0 Å². The topological polar surface area (TPSA) is 45.4 Å². The lowest BCUT2D eigenvalue weighted by Gasteiger charge is -2.21. The van der Waals surface area contributed by atoms with Crippen LogP contribution >= 0.6 is 0 Å². The van der Waals surface area contributed by atoms with E-state index in [-0.39, 0.29) is 13.2 Å². The number of hydrogen-bond acceptors (Lipinski definition) is 2. The molecule has 1 aliphatic rings. The van der Waals surface area contributed by atoms with E-state index in [1.807, 2.05) is 13.0 Å². The van der Waals surface area contributed by atoms with Crippen LogP contribution in [0.1, 0.15) is 22.4 Å². The smallest absolute Gasteiger partial charge is 0.0706 e. The second-order valence-electron chi connectivity index (χ2n) is 4.77. The summed E-state index contributed by atoms with van der Waals surface area (Å²) in [6.45, 7) is 2.91. The molecule has 94 valence electrons. The molecule has 2 heterocycles. The van der Waals surface area contributed by atoms with Crippen LogP contribution in [0.5, 0.6) is 0 Å². The van der Waals surface area contributed by atoms with Crippen LogP contribution in [0.25, 0.3) is 11.3 Å². The number of fused-ring (bicyclic) bond motifs is 3. The predicted octanol–water partition coefficient (Wildman–Crippen LogP) is 2.00. The van der Waals surface area contributed by atoms with Crippen molar-refractivity contribution in [1.82, 2.24) is 4.57 Å². The summed E-state index contributed by atoms with van der Waals surface area (Å²) >= 11 is 0. The van der Waals surface area contributed by atoms with Gasteiger partial charge in [0.1, 0.15) is 0 Å². The minimum absolute atomic E-state index is 0.0100.